The van der Waals surface area contributed by atoms with Gasteiger partial charge in [-0.05, 0) is 41.5 Å². The lowest BCUT2D eigenvalue weighted by Crippen LogP contribution is -2.00. The van der Waals surface area contributed by atoms with Crippen LogP contribution < -0.4 is 5.73 Å². The van der Waals surface area contributed by atoms with Crippen LogP contribution >= 0.6 is 11.8 Å². The van der Waals surface area contributed by atoms with Gasteiger partial charge >= 0.3 is 0 Å². The first kappa shape index (κ1) is 13.2. The lowest BCUT2D eigenvalue weighted by Gasteiger charge is -2.08. The van der Waals surface area contributed by atoms with E-state index in [4.69, 9.17) is 5.73 Å². The van der Waals surface area contributed by atoms with Gasteiger partial charge in [-0.3, -0.25) is 0 Å². The molecule has 0 aliphatic heterocycles. The van der Waals surface area contributed by atoms with E-state index in [0.717, 1.165) is 16.3 Å². The number of aromatic nitrogens is 1. The quantitative estimate of drug-likeness (QED) is 0.783. The molecular weight excluding hydrogens is 264 g/mol. The third-order valence-electron chi connectivity index (χ3n) is 3.23. The van der Waals surface area contributed by atoms with Crippen LogP contribution in [0.1, 0.15) is 11.3 Å². The molecule has 3 aromatic rings. The van der Waals surface area contributed by atoms with Gasteiger partial charge in [-0.2, -0.15) is 0 Å². The van der Waals surface area contributed by atoms with Crippen LogP contribution in [0.25, 0.3) is 10.8 Å². The average Bonchev–Trinajstić information content (AvgIpc) is 2.47. The van der Waals surface area contributed by atoms with Crippen LogP contribution in [-0.4, -0.2) is 4.98 Å². The summed E-state index contributed by atoms with van der Waals surface area (Å²) in [5.41, 5.74) is 7.90. The van der Waals surface area contributed by atoms with E-state index in [9.17, 15) is 0 Å². The van der Waals surface area contributed by atoms with Crippen LogP contribution in [0, 0.1) is 6.92 Å². The first-order valence-electron chi connectivity index (χ1n) is 6.59. The second-order valence-corrected chi connectivity index (χ2v) is 5.79. The van der Waals surface area contributed by atoms with E-state index in [0.29, 0.717) is 6.54 Å². The molecule has 0 aliphatic rings. The number of hydrogen-bond donors (Lipinski definition) is 1. The number of nitrogens with two attached hydrogens (primary N) is 1. The number of pyridine rings is 1. The van der Waals surface area contributed by atoms with Crippen molar-refractivity contribution in [3.05, 3.63) is 65.9 Å². The molecule has 0 saturated carbocycles. The van der Waals surface area contributed by atoms with E-state index in [1.807, 2.05) is 13.0 Å². The predicted molar refractivity (Wildman–Crippen MR) is 84.9 cm³/mol. The number of aryl methyl sites for hydroxylation is 1. The van der Waals surface area contributed by atoms with E-state index in [-0.39, 0.29) is 0 Å². The van der Waals surface area contributed by atoms with Gasteiger partial charge in [-0.25, -0.2) is 4.98 Å². The molecule has 2 nitrogen and oxygen atoms in total. The SMILES string of the molecule is Cc1ccc(CN)c(Sc2ccc3ccccc3c2)n1. The highest BCUT2D eigenvalue weighted by Gasteiger charge is 2.06. The van der Waals surface area contributed by atoms with Gasteiger partial charge in [0.15, 0.2) is 0 Å². The highest BCUT2D eigenvalue weighted by Crippen LogP contribution is 2.31. The Morgan fingerprint density at radius 2 is 1.80 bits per heavy atom. The highest BCUT2D eigenvalue weighted by atomic mass is 32.2. The summed E-state index contributed by atoms with van der Waals surface area (Å²) in [4.78, 5) is 5.79. The second-order valence-electron chi connectivity index (χ2n) is 4.73. The van der Waals surface area contributed by atoms with E-state index < -0.39 is 0 Å². The Labute approximate surface area is 123 Å². The van der Waals surface area contributed by atoms with Crippen LogP contribution in [0.4, 0.5) is 0 Å². The Bertz CT molecular complexity index is 753. The minimum Gasteiger partial charge on any atom is -0.326 e. The summed E-state index contributed by atoms with van der Waals surface area (Å²) < 4.78 is 0. The van der Waals surface area contributed by atoms with Gasteiger partial charge in [-0.15, -0.1) is 0 Å². The summed E-state index contributed by atoms with van der Waals surface area (Å²) in [6.45, 7) is 2.52. The van der Waals surface area contributed by atoms with Crippen LogP contribution in [-0.2, 0) is 6.54 Å². The topological polar surface area (TPSA) is 38.9 Å². The van der Waals surface area contributed by atoms with Gasteiger partial charge < -0.3 is 5.73 Å². The van der Waals surface area contributed by atoms with Gasteiger partial charge in [0.25, 0.3) is 0 Å². The van der Waals surface area contributed by atoms with Gasteiger partial charge in [-0.1, -0.05) is 48.2 Å². The van der Waals surface area contributed by atoms with Crippen LogP contribution in [0.15, 0.2) is 64.5 Å². The molecule has 3 heteroatoms. The second kappa shape index (κ2) is 5.65. The summed E-state index contributed by atoms with van der Waals surface area (Å²) in [7, 11) is 0. The minimum absolute atomic E-state index is 0.517. The molecule has 0 atom stereocenters. The third-order valence-corrected chi connectivity index (χ3v) is 4.27. The van der Waals surface area contributed by atoms with Crippen molar-refractivity contribution in [3.8, 4) is 0 Å². The molecule has 2 N–H and O–H groups in total. The number of nitrogens with zero attached hydrogens (tertiary/aromatic N) is 1. The lowest BCUT2D eigenvalue weighted by molar-refractivity contribution is 0.941. The molecule has 0 unspecified atom stereocenters. The summed E-state index contributed by atoms with van der Waals surface area (Å²) in [5, 5.41) is 3.51. The zero-order valence-electron chi connectivity index (χ0n) is 11.3. The van der Waals surface area contributed by atoms with Gasteiger partial charge in [0.05, 0.1) is 0 Å². The molecule has 0 amide bonds. The Hall–Kier alpha value is -1.84. The fraction of sp³-hybridized carbons (Fsp3) is 0.118. The van der Waals surface area contributed by atoms with E-state index in [2.05, 4.69) is 53.5 Å². The van der Waals surface area contributed by atoms with E-state index in [1.54, 1.807) is 11.8 Å². The first-order valence-corrected chi connectivity index (χ1v) is 7.41. The predicted octanol–water partition coefficient (Wildman–Crippen LogP) is 4.15. The molecule has 0 bridgehead atoms. The Kier molecular flexibility index (Phi) is 3.72. The number of hydrogen-bond acceptors (Lipinski definition) is 3. The van der Waals surface area contributed by atoms with Crippen molar-refractivity contribution in [1.29, 1.82) is 0 Å². The van der Waals surface area contributed by atoms with Crippen molar-refractivity contribution < 1.29 is 0 Å². The maximum absolute atomic E-state index is 5.79. The molecule has 1 heterocycles. The van der Waals surface area contributed by atoms with E-state index >= 15 is 0 Å². The summed E-state index contributed by atoms with van der Waals surface area (Å²) >= 11 is 1.68. The minimum atomic E-state index is 0.517. The standard InChI is InChI=1S/C17H16N2S/c1-12-6-7-15(11-18)17(19-12)20-16-9-8-13-4-2-3-5-14(13)10-16/h2-10H,11,18H2,1H3. The van der Waals surface area contributed by atoms with Gasteiger partial charge in [0.2, 0.25) is 0 Å². The van der Waals surface area contributed by atoms with Gasteiger partial charge in [0, 0.05) is 17.1 Å². The normalized spacial score (nSPS) is 10.9. The Morgan fingerprint density at radius 1 is 1.00 bits per heavy atom. The number of rotatable bonds is 3. The molecule has 3 rings (SSSR count). The Balaban J connectivity index is 1.98. The largest absolute Gasteiger partial charge is 0.326 e. The molecule has 0 saturated heterocycles. The maximum atomic E-state index is 5.79. The molecule has 1 aromatic heterocycles. The monoisotopic (exact) mass is 280 g/mol. The van der Waals surface area contributed by atoms with Crippen LogP contribution in [0.3, 0.4) is 0 Å². The molecule has 0 aliphatic carbocycles. The van der Waals surface area contributed by atoms with Crippen LogP contribution in [0.2, 0.25) is 0 Å². The molecule has 100 valence electrons. The molecule has 20 heavy (non-hydrogen) atoms. The van der Waals surface area contributed by atoms with Crippen molar-refractivity contribution in [1.82, 2.24) is 4.98 Å². The van der Waals surface area contributed by atoms with Crippen molar-refractivity contribution in [3.63, 3.8) is 0 Å². The van der Waals surface area contributed by atoms with Crippen molar-refractivity contribution >= 4 is 22.5 Å². The van der Waals surface area contributed by atoms with Gasteiger partial charge in [0.1, 0.15) is 5.03 Å². The van der Waals surface area contributed by atoms with E-state index in [1.165, 1.54) is 15.7 Å². The maximum Gasteiger partial charge on any atom is 0.106 e. The average molecular weight is 280 g/mol. The third kappa shape index (κ3) is 2.69. The summed E-state index contributed by atoms with van der Waals surface area (Å²) in [6, 6.07) is 18.9. The molecule has 0 radical (unpaired) electrons. The fourth-order valence-corrected chi connectivity index (χ4v) is 3.17. The Morgan fingerprint density at radius 3 is 2.60 bits per heavy atom. The summed E-state index contributed by atoms with van der Waals surface area (Å²) in [5.74, 6) is 0. The molecule has 0 fully saturated rings. The molecule has 2 aromatic carbocycles. The fourth-order valence-electron chi connectivity index (χ4n) is 2.15. The number of fused-ring (bicyclic) bond motifs is 1. The molecule has 0 spiro atoms. The number of benzene rings is 2. The smallest absolute Gasteiger partial charge is 0.106 e. The van der Waals surface area contributed by atoms with Crippen LogP contribution in [0.5, 0.6) is 0 Å². The molecular formula is C17H16N2S. The summed E-state index contributed by atoms with van der Waals surface area (Å²) in [6.07, 6.45) is 0. The zero-order valence-corrected chi connectivity index (χ0v) is 12.2. The zero-order chi connectivity index (χ0) is 13.9. The lowest BCUT2D eigenvalue weighted by atomic mass is 10.1. The highest BCUT2D eigenvalue weighted by molar-refractivity contribution is 7.99. The van der Waals surface area contributed by atoms with Crippen molar-refractivity contribution in [2.24, 2.45) is 5.73 Å². The van der Waals surface area contributed by atoms with Crippen molar-refractivity contribution in [2.75, 3.05) is 0 Å². The first-order chi connectivity index (χ1) is 9.76. The van der Waals surface area contributed by atoms with Crippen molar-refractivity contribution in [2.45, 2.75) is 23.4 Å².